The predicted molar refractivity (Wildman–Crippen MR) is 60.7 cm³/mol. The Morgan fingerprint density at radius 1 is 1.50 bits per heavy atom. The summed E-state index contributed by atoms with van der Waals surface area (Å²) in [7, 11) is 0. The second kappa shape index (κ2) is 6.50. The number of nitrogens with zero attached hydrogens (tertiary/aromatic N) is 2. The Hall–Kier alpha value is -2.22. The molecule has 0 bridgehead atoms. The Morgan fingerprint density at radius 3 is 2.78 bits per heavy atom. The van der Waals surface area contributed by atoms with Crippen molar-refractivity contribution in [1.82, 2.24) is 20.6 Å². The number of nitrogens with one attached hydrogen (secondary N) is 2. The molecule has 1 heterocycles. The Labute approximate surface area is 103 Å². The van der Waals surface area contributed by atoms with E-state index >= 15 is 0 Å². The summed E-state index contributed by atoms with van der Waals surface area (Å²) < 4.78 is 0. The summed E-state index contributed by atoms with van der Waals surface area (Å²) in [6, 6.07) is -0.376. The van der Waals surface area contributed by atoms with Gasteiger partial charge in [-0.2, -0.15) is 0 Å². The minimum Gasteiger partial charge on any atom is -0.480 e. The first-order valence-corrected chi connectivity index (χ1v) is 5.19. The van der Waals surface area contributed by atoms with Crippen molar-refractivity contribution in [2.45, 2.75) is 19.5 Å². The summed E-state index contributed by atoms with van der Waals surface area (Å²) >= 11 is 0. The van der Waals surface area contributed by atoms with E-state index in [4.69, 9.17) is 10.2 Å². The molecule has 0 fully saturated rings. The molecule has 0 aliphatic rings. The standard InChI is InChI=1S/C10H14N4O4/c1-6-11-3-2-7(13-6)4-12-10(18)14-8(5-15)9(16)17/h2-3,8,15H,4-5H2,1H3,(H,16,17)(H2,12,14,18)/t8-/m1/s1. The first-order valence-electron chi connectivity index (χ1n) is 5.19. The highest BCUT2D eigenvalue weighted by Crippen LogP contribution is 1.93. The van der Waals surface area contributed by atoms with Crippen LogP contribution in [0.2, 0.25) is 0 Å². The van der Waals surface area contributed by atoms with Gasteiger partial charge in [0.05, 0.1) is 18.8 Å². The molecule has 1 aromatic rings. The number of amides is 2. The Bertz CT molecular complexity index is 438. The lowest BCUT2D eigenvalue weighted by Gasteiger charge is -2.12. The number of aliphatic hydroxyl groups excluding tert-OH is 1. The number of carbonyl (C=O) groups is 2. The van der Waals surface area contributed by atoms with Crippen LogP contribution in [-0.2, 0) is 11.3 Å². The van der Waals surface area contributed by atoms with Gasteiger partial charge in [-0.15, -0.1) is 0 Å². The van der Waals surface area contributed by atoms with E-state index in [0.717, 1.165) is 0 Å². The third-order valence-electron chi connectivity index (χ3n) is 2.05. The van der Waals surface area contributed by atoms with Crippen molar-refractivity contribution in [3.8, 4) is 0 Å². The topological polar surface area (TPSA) is 124 Å². The van der Waals surface area contributed by atoms with Crippen LogP contribution in [0.1, 0.15) is 11.5 Å². The van der Waals surface area contributed by atoms with E-state index in [2.05, 4.69) is 20.6 Å². The maximum atomic E-state index is 11.3. The molecule has 1 rings (SSSR count). The summed E-state index contributed by atoms with van der Waals surface area (Å²) in [6.07, 6.45) is 1.56. The normalized spacial score (nSPS) is 11.7. The van der Waals surface area contributed by atoms with Crippen molar-refractivity contribution in [2.24, 2.45) is 0 Å². The average Bonchev–Trinajstić information content (AvgIpc) is 2.33. The zero-order chi connectivity index (χ0) is 13.5. The third kappa shape index (κ3) is 4.34. The van der Waals surface area contributed by atoms with E-state index in [9.17, 15) is 9.59 Å². The van der Waals surface area contributed by atoms with Gasteiger partial charge in [0.15, 0.2) is 6.04 Å². The van der Waals surface area contributed by atoms with Gasteiger partial charge in [-0.25, -0.2) is 19.6 Å². The van der Waals surface area contributed by atoms with Crippen molar-refractivity contribution >= 4 is 12.0 Å². The summed E-state index contributed by atoms with van der Waals surface area (Å²) in [6.45, 7) is 1.19. The van der Waals surface area contributed by atoms with Crippen LogP contribution in [0.5, 0.6) is 0 Å². The van der Waals surface area contributed by atoms with Crippen molar-refractivity contribution in [3.05, 3.63) is 23.8 Å². The number of rotatable bonds is 5. The minimum atomic E-state index is -1.32. The quantitative estimate of drug-likeness (QED) is 0.536. The number of aliphatic hydroxyl groups is 1. The third-order valence-corrected chi connectivity index (χ3v) is 2.05. The number of urea groups is 1. The molecule has 2 amide bonds. The smallest absolute Gasteiger partial charge is 0.328 e. The second-order valence-corrected chi connectivity index (χ2v) is 3.50. The highest BCUT2D eigenvalue weighted by molar-refractivity contribution is 5.82. The van der Waals surface area contributed by atoms with E-state index in [1.165, 1.54) is 0 Å². The molecule has 0 unspecified atom stereocenters. The van der Waals surface area contributed by atoms with E-state index in [-0.39, 0.29) is 6.54 Å². The van der Waals surface area contributed by atoms with Gasteiger partial charge in [0.25, 0.3) is 0 Å². The molecular weight excluding hydrogens is 240 g/mol. The molecule has 98 valence electrons. The number of carboxylic acid groups (broad SMARTS) is 1. The molecule has 0 saturated heterocycles. The molecule has 0 spiro atoms. The first kappa shape index (κ1) is 13.8. The second-order valence-electron chi connectivity index (χ2n) is 3.50. The fraction of sp³-hybridized carbons (Fsp3) is 0.400. The van der Waals surface area contributed by atoms with Gasteiger partial charge in [0, 0.05) is 6.20 Å². The molecule has 8 nitrogen and oxygen atoms in total. The van der Waals surface area contributed by atoms with Gasteiger partial charge in [-0.1, -0.05) is 0 Å². The lowest BCUT2D eigenvalue weighted by molar-refractivity contribution is -0.140. The maximum absolute atomic E-state index is 11.3. The summed E-state index contributed by atoms with van der Waals surface area (Å²) in [4.78, 5) is 29.9. The van der Waals surface area contributed by atoms with Crippen molar-refractivity contribution in [1.29, 1.82) is 0 Å². The number of aliphatic carboxylic acids is 1. The fourth-order valence-corrected chi connectivity index (χ4v) is 1.17. The molecule has 1 atom stereocenters. The highest BCUT2D eigenvalue weighted by Gasteiger charge is 2.18. The number of carbonyl (C=O) groups excluding carboxylic acids is 1. The molecule has 0 aliphatic carbocycles. The summed E-state index contributed by atoms with van der Waals surface area (Å²) in [5, 5.41) is 21.9. The zero-order valence-electron chi connectivity index (χ0n) is 9.75. The van der Waals surface area contributed by atoms with Gasteiger partial charge >= 0.3 is 12.0 Å². The van der Waals surface area contributed by atoms with E-state index < -0.39 is 24.6 Å². The van der Waals surface area contributed by atoms with Gasteiger partial charge in [0.1, 0.15) is 5.82 Å². The van der Waals surface area contributed by atoms with Gasteiger partial charge < -0.3 is 20.8 Å². The summed E-state index contributed by atoms with van der Waals surface area (Å²) in [5.41, 5.74) is 0.605. The van der Waals surface area contributed by atoms with Crippen LogP contribution in [0.15, 0.2) is 12.3 Å². The number of hydrogen-bond donors (Lipinski definition) is 4. The fourth-order valence-electron chi connectivity index (χ4n) is 1.17. The molecule has 0 aromatic carbocycles. The molecule has 0 saturated carbocycles. The van der Waals surface area contributed by atoms with Crippen LogP contribution in [0.3, 0.4) is 0 Å². The monoisotopic (exact) mass is 254 g/mol. The highest BCUT2D eigenvalue weighted by atomic mass is 16.4. The molecule has 4 N–H and O–H groups in total. The van der Waals surface area contributed by atoms with Crippen LogP contribution < -0.4 is 10.6 Å². The maximum Gasteiger partial charge on any atom is 0.328 e. The van der Waals surface area contributed by atoms with Gasteiger partial charge in [-0.3, -0.25) is 0 Å². The number of aromatic nitrogens is 2. The first-order chi connectivity index (χ1) is 8.52. The molecular formula is C10H14N4O4. The molecule has 18 heavy (non-hydrogen) atoms. The van der Waals surface area contributed by atoms with Crippen LogP contribution in [-0.4, -0.2) is 44.8 Å². The lowest BCUT2D eigenvalue weighted by Crippen LogP contribution is -2.47. The SMILES string of the molecule is Cc1nccc(CNC(=O)N[C@H](CO)C(=O)O)n1. The predicted octanol–water partition coefficient (Wildman–Crippen LogP) is -0.970. The van der Waals surface area contributed by atoms with Crippen LogP contribution in [0.4, 0.5) is 4.79 Å². The van der Waals surface area contributed by atoms with Crippen LogP contribution in [0, 0.1) is 6.92 Å². The Kier molecular flexibility index (Phi) is 5.00. The van der Waals surface area contributed by atoms with Crippen LogP contribution >= 0.6 is 0 Å². The van der Waals surface area contributed by atoms with E-state index in [1.54, 1.807) is 19.2 Å². The van der Waals surface area contributed by atoms with Crippen molar-refractivity contribution in [3.63, 3.8) is 0 Å². The number of carboxylic acids is 1. The lowest BCUT2D eigenvalue weighted by atomic mass is 10.3. The Balaban J connectivity index is 2.44. The minimum absolute atomic E-state index is 0.146. The average molecular weight is 254 g/mol. The summed E-state index contributed by atoms with van der Waals surface area (Å²) in [5.74, 6) is -0.723. The van der Waals surface area contributed by atoms with Gasteiger partial charge in [0.2, 0.25) is 0 Å². The van der Waals surface area contributed by atoms with Gasteiger partial charge in [-0.05, 0) is 13.0 Å². The van der Waals surface area contributed by atoms with Crippen molar-refractivity contribution in [2.75, 3.05) is 6.61 Å². The van der Waals surface area contributed by atoms with Crippen molar-refractivity contribution < 1.29 is 19.8 Å². The Morgan fingerprint density at radius 2 is 2.22 bits per heavy atom. The zero-order valence-corrected chi connectivity index (χ0v) is 9.75. The number of aryl methyl sites for hydroxylation is 1. The molecule has 8 heteroatoms. The molecule has 0 radical (unpaired) electrons. The number of hydrogen-bond acceptors (Lipinski definition) is 5. The largest absolute Gasteiger partial charge is 0.480 e. The van der Waals surface area contributed by atoms with Crippen LogP contribution in [0.25, 0.3) is 0 Å². The molecule has 0 aliphatic heterocycles. The van der Waals surface area contributed by atoms with E-state index in [0.29, 0.717) is 11.5 Å². The molecule has 1 aromatic heterocycles. The van der Waals surface area contributed by atoms with E-state index in [1.807, 2.05) is 0 Å².